The predicted octanol–water partition coefficient (Wildman–Crippen LogP) is 2.37. The van der Waals surface area contributed by atoms with Crippen LogP contribution in [-0.4, -0.2) is 16.9 Å². The van der Waals surface area contributed by atoms with Crippen molar-refractivity contribution >= 4 is 11.7 Å². The van der Waals surface area contributed by atoms with Crippen molar-refractivity contribution in [2.45, 2.75) is 52.5 Å². The highest BCUT2D eigenvalue weighted by Crippen LogP contribution is 2.36. The third-order valence-electron chi connectivity index (χ3n) is 4.20. The van der Waals surface area contributed by atoms with Crippen LogP contribution in [0.1, 0.15) is 55.5 Å². The van der Waals surface area contributed by atoms with Crippen molar-refractivity contribution in [2.75, 3.05) is 5.32 Å². The molecule has 1 aliphatic carbocycles. The van der Waals surface area contributed by atoms with E-state index in [4.69, 9.17) is 5.84 Å². The zero-order valence-electron chi connectivity index (χ0n) is 12.5. The van der Waals surface area contributed by atoms with E-state index in [2.05, 4.69) is 29.6 Å². The fourth-order valence-electron chi connectivity index (χ4n) is 2.76. The van der Waals surface area contributed by atoms with Crippen LogP contribution in [0, 0.1) is 12.3 Å². The molecule has 2 rings (SSSR count). The number of hydrogen-bond donors (Lipinski definition) is 3. The average Bonchev–Trinajstić information content (AvgIpc) is 2.41. The lowest BCUT2D eigenvalue weighted by atomic mass is 9.75. The Labute approximate surface area is 120 Å². The number of pyridine rings is 1. The fraction of sp³-hybridized carbons (Fsp3) is 0.600. The van der Waals surface area contributed by atoms with Crippen molar-refractivity contribution in [3.8, 4) is 0 Å². The van der Waals surface area contributed by atoms with Crippen molar-refractivity contribution in [3.63, 3.8) is 0 Å². The summed E-state index contributed by atoms with van der Waals surface area (Å²) in [4.78, 5) is 16.2. The van der Waals surface area contributed by atoms with Crippen LogP contribution in [0.5, 0.6) is 0 Å². The van der Waals surface area contributed by atoms with E-state index in [0.717, 1.165) is 18.4 Å². The Morgan fingerprint density at radius 2 is 2.05 bits per heavy atom. The molecular formula is C15H24N4O. The summed E-state index contributed by atoms with van der Waals surface area (Å²) in [7, 11) is 0. The van der Waals surface area contributed by atoms with Crippen LogP contribution in [0.2, 0.25) is 0 Å². The zero-order valence-corrected chi connectivity index (χ0v) is 12.5. The van der Waals surface area contributed by atoms with Crippen LogP contribution < -0.4 is 16.6 Å². The average molecular weight is 276 g/mol. The number of nitrogens with two attached hydrogens (primary N) is 1. The quantitative estimate of drug-likeness (QED) is 0.450. The molecule has 1 fully saturated rings. The van der Waals surface area contributed by atoms with Gasteiger partial charge in [0, 0.05) is 12.2 Å². The molecule has 1 amide bonds. The SMILES string of the molecule is Cc1ccnc(NC2CCC(C)(C)CC2)c1C(=O)NN. The second-order valence-corrected chi connectivity index (χ2v) is 6.41. The lowest BCUT2D eigenvalue weighted by molar-refractivity contribution is 0.0953. The van der Waals surface area contributed by atoms with Crippen LogP contribution in [0.15, 0.2) is 12.3 Å². The Morgan fingerprint density at radius 3 is 2.65 bits per heavy atom. The maximum Gasteiger partial charge on any atom is 0.269 e. The Balaban J connectivity index is 2.14. The largest absolute Gasteiger partial charge is 0.367 e. The molecule has 0 atom stereocenters. The van der Waals surface area contributed by atoms with Gasteiger partial charge in [0.2, 0.25) is 0 Å². The number of nitrogens with one attached hydrogen (secondary N) is 2. The lowest BCUT2D eigenvalue weighted by Crippen LogP contribution is -2.34. The first-order valence-corrected chi connectivity index (χ1v) is 7.16. The highest BCUT2D eigenvalue weighted by Gasteiger charge is 2.27. The molecule has 0 unspecified atom stereocenters. The number of aryl methyl sites for hydroxylation is 1. The summed E-state index contributed by atoms with van der Waals surface area (Å²) in [5, 5.41) is 3.42. The van der Waals surface area contributed by atoms with E-state index in [1.807, 2.05) is 13.0 Å². The lowest BCUT2D eigenvalue weighted by Gasteiger charge is -2.35. The molecular weight excluding hydrogens is 252 g/mol. The van der Waals surface area contributed by atoms with E-state index in [0.29, 0.717) is 22.8 Å². The molecule has 20 heavy (non-hydrogen) atoms. The summed E-state index contributed by atoms with van der Waals surface area (Å²) < 4.78 is 0. The molecule has 5 heteroatoms. The Kier molecular flexibility index (Phi) is 4.28. The van der Waals surface area contributed by atoms with E-state index in [-0.39, 0.29) is 5.91 Å². The number of hydrogen-bond acceptors (Lipinski definition) is 4. The molecule has 1 saturated carbocycles. The number of nitrogens with zero attached hydrogens (tertiary/aromatic N) is 1. The van der Waals surface area contributed by atoms with Crippen molar-refractivity contribution < 1.29 is 4.79 Å². The molecule has 1 aliphatic rings. The van der Waals surface area contributed by atoms with Crippen molar-refractivity contribution in [2.24, 2.45) is 11.3 Å². The smallest absolute Gasteiger partial charge is 0.269 e. The first-order chi connectivity index (χ1) is 9.43. The monoisotopic (exact) mass is 276 g/mol. The molecule has 1 heterocycles. The number of anilines is 1. The third kappa shape index (κ3) is 3.28. The van der Waals surface area contributed by atoms with Gasteiger partial charge in [-0.2, -0.15) is 0 Å². The van der Waals surface area contributed by atoms with E-state index in [9.17, 15) is 4.79 Å². The van der Waals surface area contributed by atoms with E-state index >= 15 is 0 Å². The predicted molar refractivity (Wildman–Crippen MR) is 80.3 cm³/mol. The molecule has 5 nitrogen and oxygen atoms in total. The summed E-state index contributed by atoms with van der Waals surface area (Å²) in [6.07, 6.45) is 6.31. The number of rotatable bonds is 3. The number of nitrogen functional groups attached to an aromatic ring is 1. The Bertz CT molecular complexity index is 489. The molecule has 1 aromatic rings. The van der Waals surface area contributed by atoms with Gasteiger partial charge < -0.3 is 5.32 Å². The highest BCUT2D eigenvalue weighted by atomic mass is 16.2. The second kappa shape index (κ2) is 5.79. The van der Waals surface area contributed by atoms with Gasteiger partial charge in [0.1, 0.15) is 5.82 Å². The van der Waals surface area contributed by atoms with Crippen molar-refractivity contribution in [1.29, 1.82) is 0 Å². The van der Waals surface area contributed by atoms with Gasteiger partial charge in [-0.05, 0) is 49.7 Å². The topological polar surface area (TPSA) is 80.0 Å². The summed E-state index contributed by atoms with van der Waals surface area (Å²) >= 11 is 0. The molecule has 1 aromatic heterocycles. The maximum absolute atomic E-state index is 11.9. The third-order valence-corrected chi connectivity index (χ3v) is 4.20. The molecule has 0 aliphatic heterocycles. The number of amides is 1. The molecule has 4 N–H and O–H groups in total. The van der Waals surface area contributed by atoms with Crippen molar-refractivity contribution in [3.05, 3.63) is 23.4 Å². The number of carbonyl (C=O) groups excluding carboxylic acids is 1. The summed E-state index contributed by atoms with van der Waals surface area (Å²) in [6.45, 7) is 6.50. The van der Waals surface area contributed by atoms with Gasteiger partial charge in [0.15, 0.2) is 0 Å². The second-order valence-electron chi connectivity index (χ2n) is 6.41. The van der Waals surface area contributed by atoms with Crippen LogP contribution in [0.25, 0.3) is 0 Å². The zero-order chi connectivity index (χ0) is 14.8. The summed E-state index contributed by atoms with van der Waals surface area (Å²) in [6, 6.07) is 2.20. The van der Waals surface area contributed by atoms with Gasteiger partial charge in [-0.1, -0.05) is 13.8 Å². The van der Waals surface area contributed by atoms with Crippen LogP contribution in [-0.2, 0) is 0 Å². The Morgan fingerprint density at radius 1 is 1.40 bits per heavy atom. The maximum atomic E-state index is 11.9. The minimum absolute atomic E-state index is 0.297. The Hall–Kier alpha value is -1.62. The van der Waals surface area contributed by atoms with Gasteiger partial charge in [-0.15, -0.1) is 0 Å². The van der Waals surface area contributed by atoms with Gasteiger partial charge in [-0.25, -0.2) is 10.8 Å². The standard InChI is InChI=1S/C15H24N4O/c1-10-6-9-17-13(12(10)14(20)19-16)18-11-4-7-15(2,3)8-5-11/h6,9,11H,4-5,7-8,16H2,1-3H3,(H,17,18)(H,19,20). The molecule has 0 radical (unpaired) electrons. The minimum Gasteiger partial charge on any atom is -0.367 e. The molecule has 0 bridgehead atoms. The summed E-state index contributed by atoms with van der Waals surface area (Å²) in [5.74, 6) is 5.60. The number of carbonyl (C=O) groups is 1. The first kappa shape index (κ1) is 14.8. The van der Waals surface area contributed by atoms with E-state index in [1.54, 1.807) is 6.20 Å². The highest BCUT2D eigenvalue weighted by molar-refractivity contribution is 5.99. The normalized spacial score (nSPS) is 18.6. The van der Waals surface area contributed by atoms with E-state index in [1.165, 1.54) is 12.8 Å². The first-order valence-electron chi connectivity index (χ1n) is 7.16. The van der Waals surface area contributed by atoms with Gasteiger partial charge in [0.25, 0.3) is 5.91 Å². The fourth-order valence-corrected chi connectivity index (χ4v) is 2.76. The number of aromatic nitrogens is 1. The van der Waals surface area contributed by atoms with Gasteiger partial charge in [-0.3, -0.25) is 10.2 Å². The molecule has 0 spiro atoms. The van der Waals surface area contributed by atoms with Gasteiger partial charge in [0.05, 0.1) is 5.56 Å². The summed E-state index contributed by atoms with van der Waals surface area (Å²) in [5.41, 5.74) is 4.04. The molecule has 0 saturated heterocycles. The van der Waals surface area contributed by atoms with Gasteiger partial charge >= 0.3 is 0 Å². The minimum atomic E-state index is -0.297. The number of hydrazine groups is 1. The molecule has 110 valence electrons. The molecule has 0 aromatic carbocycles. The van der Waals surface area contributed by atoms with E-state index < -0.39 is 0 Å². The van der Waals surface area contributed by atoms with Crippen LogP contribution >= 0.6 is 0 Å². The van der Waals surface area contributed by atoms with Crippen molar-refractivity contribution in [1.82, 2.24) is 10.4 Å². The van der Waals surface area contributed by atoms with Crippen LogP contribution in [0.4, 0.5) is 5.82 Å². The van der Waals surface area contributed by atoms with Crippen LogP contribution in [0.3, 0.4) is 0 Å².